The Morgan fingerprint density at radius 2 is 1.68 bits per heavy atom. The molecule has 2 aromatic carbocycles. The first kappa shape index (κ1) is 21.6. The van der Waals surface area contributed by atoms with Crippen LogP contribution in [-0.4, -0.2) is 33.0 Å². The summed E-state index contributed by atoms with van der Waals surface area (Å²) in [5.74, 6) is -0.983. The van der Waals surface area contributed by atoms with E-state index in [4.69, 9.17) is 10.8 Å². The maximum absolute atomic E-state index is 12.4. The van der Waals surface area contributed by atoms with Gasteiger partial charge < -0.3 is 21.1 Å². The zero-order chi connectivity index (χ0) is 22.5. The standard InChI is InChI=1S/C22H23N5O4/c1-12(2)14-7-9-16(10-8-14)24-22(31)27-21-18(19(23)30)25-20(26-21)15-5-3-13(4-6-15)11-17(28)29/h3-10,12H,11H2,1-2H3,(H2,23,30)(H,25,26)(H,28,29)(H2,24,27,31). The van der Waals surface area contributed by atoms with Crippen LogP contribution < -0.4 is 16.4 Å². The summed E-state index contributed by atoms with van der Waals surface area (Å²) >= 11 is 0. The van der Waals surface area contributed by atoms with Gasteiger partial charge in [0.2, 0.25) is 0 Å². The molecule has 3 amide bonds. The molecule has 0 unspecified atom stereocenters. The number of hydrogen-bond donors (Lipinski definition) is 5. The van der Waals surface area contributed by atoms with Crippen LogP contribution in [0.4, 0.5) is 16.3 Å². The van der Waals surface area contributed by atoms with Crippen LogP contribution in [0.3, 0.4) is 0 Å². The lowest BCUT2D eigenvalue weighted by atomic mass is 10.0. The third kappa shape index (κ3) is 5.47. The van der Waals surface area contributed by atoms with Gasteiger partial charge in [0.15, 0.2) is 5.69 Å². The third-order valence-corrected chi connectivity index (χ3v) is 4.59. The molecule has 0 spiro atoms. The van der Waals surface area contributed by atoms with Gasteiger partial charge in [-0.05, 0) is 29.2 Å². The highest BCUT2D eigenvalue weighted by Gasteiger charge is 2.18. The van der Waals surface area contributed by atoms with Gasteiger partial charge in [0, 0.05) is 11.3 Å². The van der Waals surface area contributed by atoms with E-state index >= 15 is 0 Å². The van der Waals surface area contributed by atoms with Crippen LogP contribution in [0.15, 0.2) is 48.5 Å². The number of benzene rings is 2. The van der Waals surface area contributed by atoms with E-state index in [1.807, 2.05) is 12.1 Å². The minimum absolute atomic E-state index is 0.0633. The van der Waals surface area contributed by atoms with Gasteiger partial charge in [0.25, 0.3) is 5.91 Å². The molecule has 0 radical (unpaired) electrons. The summed E-state index contributed by atoms with van der Waals surface area (Å²) < 4.78 is 0. The van der Waals surface area contributed by atoms with Crippen LogP contribution in [0.25, 0.3) is 11.4 Å². The Morgan fingerprint density at radius 1 is 1.03 bits per heavy atom. The molecule has 0 aliphatic carbocycles. The molecule has 31 heavy (non-hydrogen) atoms. The maximum Gasteiger partial charge on any atom is 0.324 e. The van der Waals surface area contributed by atoms with Gasteiger partial charge in [0.1, 0.15) is 11.6 Å². The zero-order valence-corrected chi connectivity index (χ0v) is 17.1. The van der Waals surface area contributed by atoms with Gasteiger partial charge in [-0.2, -0.15) is 0 Å². The molecule has 1 aromatic heterocycles. The lowest BCUT2D eigenvalue weighted by Crippen LogP contribution is -2.22. The molecule has 6 N–H and O–H groups in total. The molecule has 3 rings (SSSR count). The normalized spacial score (nSPS) is 10.7. The van der Waals surface area contributed by atoms with Crippen LogP contribution in [0.1, 0.15) is 41.4 Å². The van der Waals surface area contributed by atoms with Crippen molar-refractivity contribution in [2.75, 3.05) is 10.6 Å². The number of urea groups is 1. The number of nitrogens with two attached hydrogens (primary N) is 1. The van der Waals surface area contributed by atoms with E-state index in [2.05, 4.69) is 34.4 Å². The number of carboxylic acid groups (broad SMARTS) is 1. The monoisotopic (exact) mass is 421 g/mol. The van der Waals surface area contributed by atoms with Crippen LogP contribution >= 0.6 is 0 Å². The molecular weight excluding hydrogens is 398 g/mol. The first-order valence-corrected chi connectivity index (χ1v) is 9.62. The predicted molar refractivity (Wildman–Crippen MR) is 117 cm³/mol. The number of carboxylic acids is 1. The number of rotatable bonds is 7. The molecule has 0 atom stereocenters. The summed E-state index contributed by atoms with van der Waals surface area (Å²) in [6.45, 7) is 4.16. The van der Waals surface area contributed by atoms with E-state index in [1.54, 1.807) is 36.4 Å². The van der Waals surface area contributed by atoms with Crippen molar-refractivity contribution in [2.45, 2.75) is 26.2 Å². The van der Waals surface area contributed by atoms with Gasteiger partial charge >= 0.3 is 12.0 Å². The molecule has 0 aliphatic heterocycles. The first-order valence-electron chi connectivity index (χ1n) is 9.62. The summed E-state index contributed by atoms with van der Waals surface area (Å²) in [4.78, 5) is 42.0. The number of aliphatic carboxylic acids is 1. The summed E-state index contributed by atoms with van der Waals surface area (Å²) in [5, 5.41) is 14.1. The van der Waals surface area contributed by atoms with Crippen molar-refractivity contribution in [3.8, 4) is 11.4 Å². The van der Waals surface area contributed by atoms with E-state index in [1.165, 1.54) is 0 Å². The quantitative estimate of drug-likeness (QED) is 0.395. The summed E-state index contributed by atoms with van der Waals surface area (Å²) in [5.41, 5.74) is 8.26. The molecular formula is C22H23N5O4. The summed E-state index contributed by atoms with van der Waals surface area (Å²) in [6, 6.07) is 13.5. The van der Waals surface area contributed by atoms with E-state index in [0.29, 0.717) is 28.6 Å². The van der Waals surface area contributed by atoms with Crippen molar-refractivity contribution in [1.82, 2.24) is 9.97 Å². The number of H-pyrrole nitrogens is 1. The number of aromatic nitrogens is 2. The number of imidazole rings is 1. The van der Waals surface area contributed by atoms with Crippen LogP contribution in [0.2, 0.25) is 0 Å². The fourth-order valence-corrected chi connectivity index (χ4v) is 2.96. The number of carbonyl (C=O) groups is 3. The third-order valence-electron chi connectivity index (χ3n) is 4.59. The molecule has 160 valence electrons. The van der Waals surface area contributed by atoms with Crippen molar-refractivity contribution < 1.29 is 19.5 Å². The number of aromatic amines is 1. The largest absolute Gasteiger partial charge is 0.481 e. The summed E-state index contributed by atoms with van der Waals surface area (Å²) in [6.07, 6.45) is -0.101. The predicted octanol–water partition coefficient (Wildman–Crippen LogP) is 3.57. The lowest BCUT2D eigenvalue weighted by Gasteiger charge is -2.09. The average molecular weight is 421 g/mol. The van der Waals surface area contributed by atoms with Crippen molar-refractivity contribution in [2.24, 2.45) is 5.73 Å². The van der Waals surface area contributed by atoms with Gasteiger partial charge in [0.05, 0.1) is 6.42 Å². The van der Waals surface area contributed by atoms with Crippen molar-refractivity contribution >= 4 is 29.4 Å². The van der Waals surface area contributed by atoms with Gasteiger partial charge in [-0.25, -0.2) is 9.78 Å². The topological polar surface area (TPSA) is 150 Å². The Labute approximate surface area is 178 Å². The minimum Gasteiger partial charge on any atom is -0.481 e. The zero-order valence-electron chi connectivity index (χ0n) is 17.1. The Morgan fingerprint density at radius 3 is 2.23 bits per heavy atom. The molecule has 0 saturated heterocycles. The average Bonchev–Trinajstić information content (AvgIpc) is 3.12. The highest BCUT2D eigenvalue weighted by molar-refractivity contribution is 6.04. The number of carbonyl (C=O) groups excluding carboxylic acids is 2. The second kappa shape index (κ2) is 9.12. The Kier molecular flexibility index (Phi) is 6.35. The lowest BCUT2D eigenvalue weighted by molar-refractivity contribution is -0.136. The van der Waals surface area contributed by atoms with Crippen molar-refractivity contribution in [3.05, 3.63) is 65.4 Å². The first-order chi connectivity index (χ1) is 14.7. The number of primary amides is 1. The van der Waals surface area contributed by atoms with Gasteiger partial charge in [-0.3, -0.25) is 14.9 Å². The van der Waals surface area contributed by atoms with Crippen LogP contribution in [0, 0.1) is 0 Å². The summed E-state index contributed by atoms with van der Waals surface area (Å²) in [7, 11) is 0. The van der Waals surface area contributed by atoms with E-state index in [-0.39, 0.29) is 17.9 Å². The molecule has 0 bridgehead atoms. The van der Waals surface area contributed by atoms with E-state index in [0.717, 1.165) is 5.56 Å². The van der Waals surface area contributed by atoms with E-state index in [9.17, 15) is 14.4 Å². The molecule has 0 fully saturated rings. The fraction of sp³-hybridized carbons (Fsp3) is 0.182. The van der Waals surface area contributed by atoms with Gasteiger partial charge in [-0.1, -0.05) is 50.2 Å². The smallest absolute Gasteiger partial charge is 0.324 e. The van der Waals surface area contributed by atoms with Crippen molar-refractivity contribution in [1.29, 1.82) is 0 Å². The number of anilines is 2. The van der Waals surface area contributed by atoms with Crippen molar-refractivity contribution in [3.63, 3.8) is 0 Å². The van der Waals surface area contributed by atoms with E-state index < -0.39 is 17.9 Å². The van der Waals surface area contributed by atoms with Gasteiger partial charge in [-0.15, -0.1) is 0 Å². The molecule has 1 heterocycles. The second-order valence-corrected chi connectivity index (χ2v) is 7.30. The van der Waals surface area contributed by atoms with Crippen LogP contribution in [-0.2, 0) is 11.2 Å². The number of amides is 3. The Hall–Kier alpha value is -4.14. The molecule has 0 aliphatic rings. The fourth-order valence-electron chi connectivity index (χ4n) is 2.96. The SMILES string of the molecule is CC(C)c1ccc(NC(=O)Nc2[nH]c(-c3ccc(CC(=O)O)cc3)nc2C(N)=O)cc1. The number of nitrogens with one attached hydrogen (secondary N) is 3. The highest BCUT2D eigenvalue weighted by atomic mass is 16.4. The Balaban J connectivity index is 1.76. The molecule has 9 heteroatoms. The minimum atomic E-state index is -0.932. The maximum atomic E-state index is 12.4. The Bertz CT molecular complexity index is 1100. The molecule has 0 saturated carbocycles. The number of hydrogen-bond acceptors (Lipinski definition) is 4. The number of nitrogens with zero attached hydrogens (tertiary/aromatic N) is 1. The highest BCUT2D eigenvalue weighted by Crippen LogP contribution is 2.23. The molecule has 9 nitrogen and oxygen atoms in total. The second-order valence-electron chi connectivity index (χ2n) is 7.30. The molecule has 3 aromatic rings. The van der Waals surface area contributed by atoms with Crippen LogP contribution in [0.5, 0.6) is 0 Å².